The Morgan fingerprint density at radius 3 is 2.93 bits per heavy atom. The van der Waals surface area contributed by atoms with Gasteiger partial charge in [0.05, 0.1) is 5.56 Å². The van der Waals surface area contributed by atoms with Crippen LogP contribution in [0.1, 0.15) is 22.8 Å². The number of aromatic amines is 1. The van der Waals surface area contributed by atoms with Crippen LogP contribution in [0.3, 0.4) is 0 Å². The van der Waals surface area contributed by atoms with Gasteiger partial charge >= 0.3 is 5.97 Å². The number of para-hydroxylation sites is 1. The van der Waals surface area contributed by atoms with Crippen LogP contribution in [0.2, 0.25) is 0 Å². The molecule has 72 valence electrons. The number of aryl methyl sites for hydroxylation is 1. The van der Waals surface area contributed by atoms with E-state index >= 15 is 0 Å². The van der Waals surface area contributed by atoms with E-state index in [0.29, 0.717) is 5.56 Å². The van der Waals surface area contributed by atoms with Crippen LogP contribution in [0.4, 0.5) is 0 Å². The number of carboxylic acids is 1. The zero-order valence-electron chi connectivity index (χ0n) is 7.87. The summed E-state index contributed by atoms with van der Waals surface area (Å²) in [6.45, 7) is 2.05. The molecular weight excluding hydrogens is 178 g/mol. The number of H-pyrrole nitrogens is 1. The lowest BCUT2D eigenvalue weighted by molar-refractivity contribution is 0.0699. The van der Waals surface area contributed by atoms with Gasteiger partial charge in [0, 0.05) is 17.1 Å². The van der Waals surface area contributed by atoms with Crippen molar-refractivity contribution >= 4 is 16.9 Å². The number of carbonyl (C=O) groups is 1. The second-order valence-corrected chi connectivity index (χ2v) is 3.20. The Morgan fingerprint density at radius 2 is 2.29 bits per heavy atom. The minimum atomic E-state index is -0.885. The first-order valence-electron chi connectivity index (χ1n) is 4.56. The molecule has 2 N–H and O–H groups in total. The van der Waals surface area contributed by atoms with E-state index in [9.17, 15) is 4.79 Å². The molecule has 1 aromatic heterocycles. The zero-order valence-corrected chi connectivity index (χ0v) is 7.87. The van der Waals surface area contributed by atoms with Crippen molar-refractivity contribution in [3.05, 3.63) is 35.5 Å². The van der Waals surface area contributed by atoms with Crippen molar-refractivity contribution in [1.82, 2.24) is 4.98 Å². The Kier molecular flexibility index (Phi) is 2.00. The van der Waals surface area contributed by atoms with Crippen LogP contribution in [0.15, 0.2) is 24.4 Å². The van der Waals surface area contributed by atoms with Gasteiger partial charge < -0.3 is 10.1 Å². The fourth-order valence-electron chi connectivity index (χ4n) is 1.69. The molecule has 1 heterocycles. The van der Waals surface area contributed by atoms with Crippen molar-refractivity contribution in [2.45, 2.75) is 13.3 Å². The van der Waals surface area contributed by atoms with Crippen LogP contribution in [0.5, 0.6) is 0 Å². The second kappa shape index (κ2) is 3.18. The molecule has 0 saturated carbocycles. The van der Waals surface area contributed by atoms with Gasteiger partial charge in [0.25, 0.3) is 0 Å². The molecule has 1 aromatic carbocycles. The molecule has 2 rings (SSSR count). The quantitative estimate of drug-likeness (QED) is 0.762. The molecule has 0 saturated heterocycles. The molecule has 0 amide bonds. The van der Waals surface area contributed by atoms with E-state index < -0.39 is 5.97 Å². The van der Waals surface area contributed by atoms with Crippen LogP contribution in [0.25, 0.3) is 10.9 Å². The highest BCUT2D eigenvalue weighted by Gasteiger charge is 2.11. The molecule has 0 fully saturated rings. The molecule has 0 bridgehead atoms. The third-order valence-electron chi connectivity index (χ3n) is 2.41. The third-order valence-corrected chi connectivity index (χ3v) is 2.41. The van der Waals surface area contributed by atoms with Gasteiger partial charge in [0.15, 0.2) is 0 Å². The van der Waals surface area contributed by atoms with Crippen molar-refractivity contribution in [3.8, 4) is 0 Å². The number of hydrogen-bond donors (Lipinski definition) is 2. The number of aromatic nitrogens is 1. The van der Waals surface area contributed by atoms with Gasteiger partial charge in [-0.25, -0.2) is 4.79 Å². The van der Waals surface area contributed by atoms with E-state index in [-0.39, 0.29) is 0 Å². The van der Waals surface area contributed by atoms with Crippen molar-refractivity contribution in [2.75, 3.05) is 0 Å². The number of aromatic carboxylic acids is 1. The third kappa shape index (κ3) is 1.18. The van der Waals surface area contributed by atoms with E-state index in [4.69, 9.17) is 5.11 Å². The maximum atomic E-state index is 10.9. The molecule has 3 heteroatoms. The van der Waals surface area contributed by atoms with Gasteiger partial charge in [-0.2, -0.15) is 0 Å². The summed E-state index contributed by atoms with van der Waals surface area (Å²) in [5.74, 6) is -0.885. The fraction of sp³-hybridized carbons (Fsp3) is 0.182. The molecule has 0 aliphatic heterocycles. The van der Waals surface area contributed by atoms with Crippen LogP contribution in [0, 0.1) is 0 Å². The Morgan fingerprint density at radius 1 is 1.50 bits per heavy atom. The minimum Gasteiger partial charge on any atom is -0.478 e. The SMILES string of the molecule is CCc1cccc2c(C(=O)O)c[nH]c12. The lowest BCUT2D eigenvalue weighted by Gasteiger charge is -1.98. The number of hydrogen-bond acceptors (Lipinski definition) is 1. The van der Waals surface area contributed by atoms with Gasteiger partial charge in [-0.15, -0.1) is 0 Å². The molecule has 14 heavy (non-hydrogen) atoms. The predicted molar refractivity (Wildman–Crippen MR) is 54.6 cm³/mol. The largest absolute Gasteiger partial charge is 0.478 e. The highest BCUT2D eigenvalue weighted by molar-refractivity contribution is 6.03. The van der Waals surface area contributed by atoms with E-state index in [2.05, 4.69) is 11.9 Å². The Hall–Kier alpha value is -1.77. The number of nitrogens with one attached hydrogen (secondary N) is 1. The van der Waals surface area contributed by atoms with Gasteiger partial charge in [-0.05, 0) is 12.0 Å². The molecule has 0 aliphatic rings. The molecule has 0 aliphatic carbocycles. The van der Waals surface area contributed by atoms with Crippen LogP contribution in [-0.4, -0.2) is 16.1 Å². The molecule has 0 atom stereocenters. The monoisotopic (exact) mass is 189 g/mol. The molecule has 0 unspecified atom stereocenters. The van der Waals surface area contributed by atoms with Gasteiger partial charge in [-0.3, -0.25) is 0 Å². The van der Waals surface area contributed by atoms with Crippen molar-refractivity contribution in [2.24, 2.45) is 0 Å². The van der Waals surface area contributed by atoms with Crippen molar-refractivity contribution in [3.63, 3.8) is 0 Å². The predicted octanol–water partition coefficient (Wildman–Crippen LogP) is 2.43. The lowest BCUT2D eigenvalue weighted by atomic mass is 10.1. The first kappa shape index (κ1) is 8.81. The topological polar surface area (TPSA) is 53.1 Å². The van der Waals surface area contributed by atoms with Gasteiger partial charge in [-0.1, -0.05) is 25.1 Å². The standard InChI is InChI=1S/C11H11NO2/c1-2-7-4-3-5-8-9(11(13)14)6-12-10(7)8/h3-6,12H,2H2,1H3,(H,13,14). The maximum absolute atomic E-state index is 10.9. The first-order valence-corrected chi connectivity index (χ1v) is 4.56. The number of carboxylic acid groups (broad SMARTS) is 1. The average molecular weight is 189 g/mol. The summed E-state index contributed by atoms with van der Waals surface area (Å²) in [6, 6.07) is 5.72. The van der Waals surface area contributed by atoms with Crippen LogP contribution < -0.4 is 0 Å². The van der Waals surface area contributed by atoms with Crippen molar-refractivity contribution in [1.29, 1.82) is 0 Å². The van der Waals surface area contributed by atoms with Crippen LogP contribution in [-0.2, 0) is 6.42 Å². The molecular formula is C11H11NO2. The highest BCUT2D eigenvalue weighted by atomic mass is 16.4. The summed E-state index contributed by atoms with van der Waals surface area (Å²) in [6.07, 6.45) is 2.45. The number of rotatable bonds is 2. The van der Waals surface area contributed by atoms with Crippen LogP contribution >= 0.6 is 0 Å². The molecule has 2 aromatic rings. The maximum Gasteiger partial charge on any atom is 0.337 e. The average Bonchev–Trinajstić information content (AvgIpc) is 2.60. The summed E-state index contributed by atoms with van der Waals surface area (Å²) in [5, 5.41) is 9.70. The summed E-state index contributed by atoms with van der Waals surface area (Å²) in [7, 11) is 0. The second-order valence-electron chi connectivity index (χ2n) is 3.20. The summed E-state index contributed by atoms with van der Waals surface area (Å²) < 4.78 is 0. The molecule has 3 nitrogen and oxygen atoms in total. The Balaban J connectivity index is 2.75. The minimum absolute atomic E-state index is 0.343. The summed E-state index contributed by atoms with van der Waals surface area (Å²) in [5.41, 5.74) is 2.43. The van der Waals surface area contributed by atoms with Gasteiger partial charge in [0.1, 0.15) is 0 Å². The summed E-state index contributed by atoms with van der Waals surface area (Å²) in [4.78, 5) is 13.9. The van der Waals surface area contributed by atoms with E-state index in [1.807, 2.05) is 18.2 Å². The highest BCUT2D eigenvalue weighted by Crippen LogP contribution is 2.21. The van der Waals surface area contributed by atoms with Gasteiger partial charge in [0.2, 0.25) is 0 Å². The number of fused-ring (bicyclic) bond motifs is 1. The molecule has 0 radical (unpaired) electrons. The Labute approximate surface area is 81.4 Å². The Bertz CT molecular complexity index is 485. The zero-order chi connectivity index (χ0) is 10.1. The van der Waals surface area contributed by atoms with E-state index in [1.54, 1.807) is 6.20 Å². The smallest absolute Gasteiger partial charge is 0.337 e. The lowest BCUT2D eigenvalue weighted by Crippen LogP contribution is -1.93. The normalized spacial score (nSPS) is 10.6. The fourth-order valence-corrected chi connectivity index (χ4v) is 1.69. The first-order chi connectivity index (χ1) is 6.74. The number of benzene rings is 1. The summed E-state index contributed by atoms with van der Waals surface area (Å²) >= 11 is 0. The van der Waals surface area contributed by atoms with Crippen molar-refractivity contribution < 1.29 is 9.90 Å². The van der Waals surface area contributed by atoms with E-state index in [0.717, 1.165) is 22.9 Å². The molecule has 0 spiro atoms. The van der Waals surface area contributed by atoms with E-state index in [1.165, 1.54) is 0 Å².